The highest BCUT2D eigenvalue weighted by Gasteiger charge is 2.36. The van der Waals surface area contributed by atoms with E-state index in [2.05, 4.69) is 17.6 Å². The standard InChI is InChI=1S/C17H30N2O.ClH/c1-12-11-18-9-8-16(12)19-17(20)15-7-6-13-4-2-3-5-14(13)10-15;/h12-16,18H,2-11H2,1H3,(H,19,20);1H. The molecule has 4 heteroatoms. The van der Waals surface area contributed by atoms with Gasteiger partial charge in [-0.2, -0.15) is 0 Å². The zero-order valence-electron chi connectivity index (χ0n) is 13.3. The van der Waals surface area contributed by atoms with Gasteiger partial charge in [-0.1, -0.05) is 32.6 Å². The van der Waals surface area contributed by atoms with Crippen molar-refractivity contribution in [2.75, 3.05) is 13.1 Å². The lowest BCUT2D eigenvalue weighted by Crippen LogP contribution is -2.50. The number of fused-ring (bicyclic) bond motifs is 1. The third-order valence-corrected chi connectivity index (χ3v) is 6.02. The lowest BCUT2D eigenvalue weighted by atomic mass is 9.67. The van der Waals surface area contributed by atoms with Crippen molar-refractivity contribution in [1.82, 2.24) is 10.6 Å². The average Bonchev–Trinajstić information content (AvgIpc) is 2.49. The van der Waals surface area contributed by atoms with Gasteiger partial charge in [0.25, 0.3) is 0 Å². The number of piperidine rings is 1. The van der Waals surface area contributed by atoms with Gasteiger partial charge in [-0.15, -0.1) is 12.4 Å². The summed E-state index contributed by atoms with van der Waals surface area (Å²) < 4.78 is 0. The monoisotopic (exact) mass is 314 g/mol. The van der Waals surface area contributed by atoms with Gasteiger partial charge in [0.2, 0.25) is 5.91 Å². The number of halogens is 1. The number of rotatable bonds is 2. The predicted molar refractivity (Wildman–Crippen MR) is 88.6 cm³/mol. The maximum Gasteiger partial charge on any atom is 0.223 e. The highest BCUT2D eigenvalue weighted by molar-refractivity contribution is 5.85. The summed E-state index contributed by atoms with van der Waals surface area (Å²) in [5, 5.41) is 6.76. The van der Waals surface area contributed by atoms with Crippen LogP contribution < -0.4 is 10.6 Å². The van der Waals surface area contributed by atoms with Gasteiger partial charge < -0.3 is 10.6 Å². The molecule has 2 N–H and O–H groups in total. The molecule has 3 aliphatic rings. The van der Waals surface area contributed by atoms with Crippen molar-refractivity contribution in [3.05, 3.63) is 0 Å². The third kappa shape index (κ3) is 4.13. The SMILES string of the molecule is CC1CNCCC1NC(=O)C1CCC2CCCCC2C1.Cl. The Morgan fingerprint density at radius 2 is 1.81 bits per heavy atom. The molecule has 2 aliphatic carbocycles. The van der Waals surface area contributed by atoms with Gasteiger partial charge in [0.15, 0.2) is 0 Å². The molecule has 122 valence electrons. The fourth-order valence-electron chi connectivity index (χ4n) is 4.64. The molecule has 1 heterocycles. The quantitative estimate of drug-likeness (QED) is 0.822. The zero-order chi connectivity index (χ0) is 13.9. The molecule has 3 rings (SSSR count). The van der Waals surface area contributed by atoms with Crippen LogP contribution in [0, 0.1) is 23.7 Å². The molecule has 5 atom stereocenters. The first-order chi connectivity index (χ1) is 9.74. The maximum absolute atomic E-state index is 12.6. The van der Waals surface area contributed by atoms with E-state index in [-0.39, 0.29) is 12.4 Å². The summed E-state index contributed by atoms with van der Waals surface area (Å²) in [4.78, 5) is 12.6. The Morgan fingerprint density at radius 3 is 2.57 bits per heavy atom. The summed E-state index contributed by atoms with van der Waals surface area (Å²) in [6, 6.07) is 0.396. The minimum absolute atomic E-state index is 0. The van der Waals surface area contributed by atoms with Crippen LogP contribution in [0.5, 0.6) is 0 Å². The molecule has 1 saturated heterocycles. The van der Waals surface area contributed by atoms with Crippen LogP contribution in [0.15, 0.2) is 0 Å². The van der Waals surface area contributed by atoms with E-state index in [4.69, 9.17) is 0 Å². The first kappa shape index (κ1) is 17.1. The van der Waals surface area contributed by atoms with Crippen LogP contribution in [0.3, 0.4) is 0 Å². The number of carbonyl (C=O) groups excluding carboxylic acids is 1. The first-order valence-electron chi connectivity index (χ1n) is 8.75. The van der Waals surface area contributed by atoms with Gasteiger partial charge in [0.05, 0.1) is 0 Å². The Labute approximate surface area is 135 Å². The van der Waals surface area contributed by atoms with E-state index in [1.54, 1.807) is 0 Å². The minimum atomic E-state index is 0. The molecule has 0 aromatic carbocycles. The van der Waals surface area contributed by atoms with Crippen LogP contribution >= 0.6 is 12.4 Å². The van der Waals surface area contributed by atoms with Gasteiger partial charge in [0.1, 0.15) is 0 Å². The second kappa shape index (κ2) is 7.82. The highest BCUT2D eigenvalue weighted by atomic mass is 35.5. The van der Waals surface area contributed by atoms with Crippen LogP contribution in [0.2, 0.25) is 0 Å². The Balaban J connectivity index is 0.00000161. The maximum atomic E-state index is 12.6. The number of hydrogen-bond donors (Lipinski definition) is 2. The van der Waals surface area contributed by atoms with Crippen molar-refractivity contribution in [2.45, 2.75) is 64.3 Å². The molecule has 3 nitrogen and oxygen atoms in total. The fraction of sp³-hybridized carbons (Fsp3) is 0.941. The van der Waals surface area contributed by atoms with Crippen molar-refractivity contribution in [2.24, 2.45) is 23.7 Å². The van der Waals surface area contributed by atoms with Gasteiger partial charge in [-0.25, -0.2) is 0 Å². The number of nitrogens with one attached hydrogen (secondary N) is 2. The normalized spacial score (nSPS) is 39.8. The second-order valence-electron chi connectivity index (χ2n) is 7.40. The Kier molecular flexibility index (Phi) is 6.36. The van der Waals surface area contributed by atoms with Gasteiger partial charge >= 0.3 is 0 Å². The van der Waals surface area contributed by atoms with Crippen molar-refractivity contribution in [3.63, 3.8) is 0 Å². The van der Waals surface area contributed by atoms with Crippen LogP contribution in [0.1, 0.15) is 58.3 Å². The fourth-order valence-corrected chi connectivity index (χ4v) is 4.64. The van der Waals surface area contributed by atoms with E-state index in [9.17, 15) is 4.79 Å². The van der Waals surface area contributed by atoms with E-state index in [1.165, 1.54) is 32.1 Å². The van der Waals surface area contributed by atoms with Crippen molar-refractivity contribution >= 4 is 18.3 Å². The molecule has 0 radical (unpaired) electrons. The third-order valence-electron chi connectivity index (χ3n) is 6.02. The number of amides is 1. The molecule has 0 aromatic heterocycles. The lowest BCUT2D eigenvalue weighted by Gasteiger charge is -2.39. The molecule has 1 aliphatic heterocycles. The molecule has 1 amide bonds. The van der Waals surface area contributed by atoms with E-state index in [0.29, 0.717) is 23.8 Å². The molecular formula is C17H31ClN2O. The van der Waals surface area contributed by atoms with E-state index < -0.39 is 0 Å². The molecule has 0 spiro atoms. The van der Waals surface area contributed by atoms with Crippen molar-refractivity contribution in [1.29, 1.82) is 0 Å². The molecule has 2 saturated carbocycles. The number of hydrogen-bond acceptors (Lipinski definition) is 2. The summed E-state index contributed by atoms with van der Waals surface area (Å²) in [5.74, 6) is 3.01. The van der Waals surface area contributed by atoms with Gasteiger partial charge in [-0.05, 0) is 56.5 Å². The molecule has 0 aromatic rings. The Hall–Kier alpha value is -0.280. The predicted octanol–water partition coefficient (Wildman–Crippen LogP) is 3.13. The van der Waals surface area contributed by atoms with E-state index in [1.807, 2.05) is 0 Å². The summed E-state index contributed by atoms with van der Waals surface area (Å²) >= 11 is 0. The van der Waals surface area contributed by atoms with Crippen LogP contribution in [0.4, 0.5) is 0 Å². The Bertz CT molecular complexity index is 350. The smallest absolute Gasteiger partial charge is 0.223 e. The lowest BCUT2D eigenvalue weighted by molar-refractivity contribution is -0.128. The number of carbonyl (C=O) groups is 1. The summed E-state index contributed by atoms with van der Waals surface area (Å²) in [7, 11) is 0. The van der Waals surface area contributed by atoms with E-state index in [0.717, 1.165) is 44.2 Å². The van der Waals surface area contributed by atoms with Crippen LogP contribution in [0.25, 0.3) is 0 Å². The summed E-state index contributed by atoms with van der Waals surface area (Å²) in [6.07, 6.45) is 10.3. The van der Waals surface area contributed by atoms with Crippen LogP contribution in [-0.2, 0) is 4.79 Å². The molecule has 21 heavy (non-hydrogen) atoms. The summed E-state index contributed by atoms with van der Waals surface area (Å²) in [6.45, 7) is 4.33. The zero-order valence-corrected chi connectivity index (χ0v) is 14.1. The van der Waals surface area contributed by atoms with Gasteiger partial charge in [-0.3, -0.25) is 4.79 Å². The molecule has 5 unspecified atom stereocenters. The topological polar surface area (TPSA) is 41.1 Å². The molecule has 3 fully saturated rings. The van der Waals surface area contributed by atoms with Crippen LogP contribution in [-0.4, -0.2) is 25.0 Å². The average molecular weight is 315 g/mol. The largest absolute Gasteiger partial charge is 0.353 e. The minimum Gasteiger partial charge on any atom is -0.353 e. The summed E-state index contributed by atoms with van der Waals surface area (Å²) in [5.41, 5.74) is 0. The van der Waals surface area contributed by atoms with Crippen molar-refractivity contribution in [3.8, 4) is 0 Å². The molecular weight excluding hydrogens is 284 g/mol. The Morgan fingerprint density at radius 1 is 1.05 bits per heavy atom. The van der Waals surface area contributed by atoms with E-state index >= 15 is 0 Å². The van der Waals surface area contributed by atoms with Crippen molar-refractivity contribution < 1.29 is 4.79 Å². The highest BCUT2D eigenvalue weighted by Crippen LogP contribution is 2.42. The molecule has 0 bridgehead atoms. The second-order valence-corrected chi connectivity index (χ2v) is 7.40. The van der Waals surface area contributed by atoms with Gasteiger partial charge in [0, 0.05) is 12.0 Å². The first-order valence-corrected chi connectivity index (χ1v) is 8.75.